The van der Waals surface area contributed by atoms with Gasteiger partial charge in [0.2, 0.25) is 5.91 Å². The Morgan fingerprint density at radius 1 is 1.04 bits per heavy atom. The fourth-order valence-electron chi connectivity index (χ4n) is 2.28. The Morgan fingerprint density at radius 2 is 1.64 bits per heavy atom. The largest absolute Gasteiger partial charge is 0.444 e. The molecule has 0 radical (unpaired) electrons. The summed E-state index contributed by atoms with van der Waals surface area (Å²) in [5.41, 5.74) is -0.958. The van der Waals surface area contributed by atoms with Gasteiger partial charge in [0.1, 0.15) is 17.2 Å². The number of benzene rings is 1. The van der Waals surface area contributed by atoms with Crippen LogP contribution in [0.2, 0.25) is 0 Å². The van der Waals surface area contributed by atoms with Crippen molar-refractivity contribution in [3.05, 3.63) is 35.9 Å². The number of carbonyl (C=O) groups excluding carboxylic acids is 3. The van der Waals surface area contributed by atoms with E-state index < -0.39 is 29.2 Å². The molecule has 28 heavy (non-hydrogen) atoms. The fraction of sp³-hybridized carbons (Fsp3) is 0.571. The second-order valence-corrected chi connectivity index (χ2v) is 8.10. The Hall–Kier alpha value is -2.41. The zero-order valence-electron chi connectivity index (χ0n) is 17.6. The van der Waals surface area contributed by atoms with E-state index >= 15 is 0 Å². The third-order valence-corrected chi connectivity index (χ3v) is 3.82. The number of carbonyl (C=O) groups is 3. The monoisotopic (exact) mass is 392 g/mol. The summed E-state index contributed by atoms with van der Waals surface area (Å²) in [5.74, 6) is -0.636. The summed E-state index contributed by atoms with van der Waals surface area (Å²) in [6.07, 6.45) is -0.439. The molecule has 0 unspecified atom stereocenters. The lowest BCUT2D eigenvalue weighted by Crippen LogP contribution is -2.59. The summed E-state index contributed by atoms with van der Waals surface area (Å²) >= 11 is 0. The van der Waals surface area contributed by atoms with Crippen molar-refractivity contribution in [2.75, 3.05) is 6.61 Å². The molecule has 7 nitrogen and oxygen atoms in total. The van der Waals surface area contributed by atoms with Gasteiger partial charge in [-0.15, -0.1) is 0 Å². The summed E-state index contributed by atoms with van der Waals surface area (Å²) in [4.78, 5) is 36.8. The molecule has 1 atom stereocenters. The van der Waals surface area contributed by atoms with Crippen LogP contribution in [0.1, 0.15) is 53.5 Å². The summed E-state index contributed by atoms with van der Waals surface area (Å²) in [7, 11) is 0. The highest BCUT2D eigenvalue weighted by molar-refractivity contribution is 5.94. The van der Waals surface area contributed by atoms with Gasteiger partial charge in [0, 0.05) is 6.42 Å². The Kier molecular flexibility index (Phi) is 8.63. The molecule has 0 heterocycles. The minimum atomic E-state index is -1.26. The molecule has 1 aromatic carbocycles. The van der Waals surface area contributed by atoms with Crippen molar-refractivity contribution in [2.45, 2.75) is 71.8 Å². The lowest BCUT2D eigenvalue weighted by Gasteiger charge is -2.29. The Bertz CT molecular complexity index is 665. The molecular formula is C21H32N2O5. The zero-order valence-corrected chi connectivity index (χ0v) is 17.6. The van der Waals surface area contributed by atoms with Gasteiger partial charge in [0.25, 0.3) is 0 Å². The number of hydrogen-bond donors (Lipinski definition) is 2. The molecule has 0 aliphatic heterocycles. The molecule has 0 saturated carbocycles. The number of alkyl carbamates (subject to hydrolysis) is 1. The van der Waals surface area contributed by atoms with Gasteiger partial charge < -0.3 is 20.1 Å². The zero-order chi connectivity index (χ0) is 21.4. The van der Waals surface area contributed by atoms with Gasteiger partial charge in [-0.05, 0) is 40.2 Å². The summed E-state index contributed by atoms with van der Waals surface area (Å²) < 4.78 is 10.8. The second-order valence-electron chi connectivity index (χ2n) is 8.10. The summed E-state index contributed by atoms with van der Waals surface area (Å²) in [6, 6.07) is 8.76. The van der Waals surface area contributed by atoms with Crippen molar-refractivity contribution in [2.24, 2.45) is 0 Å². The van der Waals surface area contributed by atoms with E-state index in [0.29, 0.717) is 6.61 Å². The van der Waals surface area contributed by atoms with Crippen LogP contribution in [0, 0.1) is 0 Å². The highest BCUT2D eigenvalue weighted by Gasteiger charge is 2.34. The molecule has 0 aromatic heterocycles. The van der Waals surface area contributed by atoms with Crippen molar-refractivity contribution in [1.29, 1.82) is 0 Å². The normalized spacial score (nSPS) is 12.8. The molecule has 0 spiro atoms. The molecule has 0 saturated heterocycles. The van der Waals surface area contributed by atoms with Crippen LogP contribution < -0.4 is 10.6 Å². The fourth-order valence-corrected chi connectivity index (χ4v) is 2.28. The first-order valence-electron chi connectivity index (χ1n) is 9.41. The van der Waals surface area contributed by atoms with E-state index in [1.54, 1.807) is 41.5 Å². The van der Waals surface area contributed by atoms with E-state index in [4.69, 9.17) is 9.47 Å². The van der Waals surface area contributed by atoms with Crippen molar-refractivity contribution in [1.82, 2.24) is 10.6 Å². The maximum atomic E-state index is 12.6. The number of nitrogens with one attached hydrogen (secondary N) is 2. The minimum absolute atomic E-state index is 0.0514. The smallest absolute Gasteiger partial charge is 0.408 e. The lowest BCUT2D eigenvalue weighted by molar-refractivity contribution is -0.132. The van der Waals surface area contributed by atoms with Gasteiger partial charge in [-0.3, -0.25) is 9.59 Å². The SMILES string of the molecule is CCC(=O)[C@@H](COCc1ccccc1)NC(=O)C(C)(C)NC(=O)OC(C)(C)C. The van der Waals surface area contributed by atoms with E-state index in [-0.39, 0.29) is 18.8 Å². The van der Waals surface area contributed by atoms with Crippen LogP contribution >= 0.6 is 0 Å². The van der Waals surface area contributed by atoms with Crippen LogP contribution in [-0.2, 0) is 25.7 Å². The topological polar surface area (TPSA) is 93.7 Å². The van der Waals surface area contributed by atoms with E-state index in [9.17, 15) is 14.4 Å². The van der Waals surface area contributed by atoms with E-state index in [2.05, 4.69) is 10.6 Å². The molecule has 156 valence electrons. The third kappa shape index (κ3) is 8.52. The molecule has 0 aliphatic rings. The Labute approximate surface area is 167 Å². The van der Waals surface area contributed by atoms with Crippen LogP contribution in [0.3, 0.4) is 0 Å². The maximum absolute atomic E-state index is 12.6. The van der Waals surface area contributed by atoms with Crippen LogP contribution in [0.25, 0.3) is 0 Å². The highest BCUT2D eigenvalue weighted by Crippen LogP contribution is 2.10. The first kappa shape index (κ1) is 23.6. The first-order chi connectivity index (χ1) is 12.9. The molecule has 2 amide bonds. The second kappa shape index (κ2) is 10.2. The first-order valence-corrected chi connectivity index (χ1v) is 9.41. The average Bonchev–Trinajstić information content (AvgIpc) is 2.58. The molecule has 1 rings (SSSR count). The van der Waals surface area contributed by atoms with Crippen molar-refractivity contribution < 1.29 is 23.9 Å². The minimum Gasteiger partial charge on any atom is -0.444 e. The van der Waals surface area contributed by atoms with Crippen molar-refractivity contribution in [3.63, 3.8) is 0 Å². The number of Topliss-reactive ketones (excluding diaryl/α,β-unsaturated/α-hetero) is 1. The average molecular weight is 392 g/mol. The Morgan fingerprint density at radius 3 is 2.18 bits per heavy atom. The molecule has 0 bridgehead atoms. The molecule has 1 aromatic rings. The van der Waals surface area contributed by atoms with E-state index in [1.165, 1.54) is 0 Å². The number of amides is 2. The van der Waals surface area contributed by atoms with E-state index in [1.807, 2.05) is 30.3 Å². The highest BCUT2D eigenvalue weighted by atomic mass is 16.6. The number of ketones is 1. The molecular weight excluding hydrogens is 360 g/mol. The molecule has 0 aliphatic carbocycles. The van der Waals surface area contributed by atoms with Gasteiger partial charge >= 0.3 is 6.09 Å². The van der Waals surface area contributed by atoms with Gasteiger partial charge in [-0.2, -0.15) is 0 Å². The third-order valence-electron chi connectivity index (χ3n) is 3.82. The van der Waals surface area contributed by atoms with Gasteiger partial charge in [-0.25, -0.2) is 4.79 Å². The van der Waals surface area contributed by atoms with Gasteiger partial charge in [0.15, 0.2) is 5.78 Å². The number of hydrogen-bond acceptors (Lipinski definition) is 5. The standard InChI is InChI=1S/C21H32N2O5/c1-7-17(24)16(14-27-13-15-11-9-8-10-12-15)22-18(25)21(5,6)23-19(26)28-20(2,3)4/h8-12,16H,7,13-14H2,1-6H3,(H,22,25)(H,23,26)/t16-/m1/s1. The Balaban J connectivity index is 2.66. The maximum Gasteiger partial charge on any atom is 0.408 e. The van der Waals surface area contributed by atoms with Gasteiger partial charge in [0.05, 0.1) is 13.2 Å². The van der Waals surface area contributed by atoms with Crippen molar-refractivity contribution >= 4 is 17.8 Å². The van der Waals surface area contributed by atoms with Crippen LogP contribution in [-0.4, -0.2) is 41.6 Å². The molecule has 2 N–H and O–H groups in total. The van der Waals surface area contributed by atoms with Crippen LogP contribution in [0.15, 0.2) is 30.3 Å². The predicted octanol–water partition coefficient (Wildman–Crippen LogP) is 2.97. The van der Waals surface area contributed by atoms with Crippen LogP contribution in [0.5, 0.6) is 0 Å². The van der Waals surface area contributed by atoms with Gasteiger partial charge in [-0.1, -0.05) is 37.3 Å². The van der Waals surface area contributed by atoms with Crippen LogP contribution in [0.4, 0.5) is 4.79 Å². The quantitative estimate of drug-likeness (QED) is 0.674. The van der Waals surface area contributed by atoms with Crippen molar-refractivity contribution in [3.8, 4) is 0 Å². The summed E-state index contributed by atoms with van der Waals surface area (Å²) in [5, 5.41) is 5.21. The molecule has 0 fully saturated rings. The van der Waals surface area contributed by atoms with E-state index in [0.717, 1.165) is 5.56 Å². The molecule has 7 heteroatoms. The predicted molar refractivity (Wildman–Crippen MR) is 107 cm³/mol. The lowest BCUT2D eigenvalue weighted by atomic mass is 10.0. The number of ether oxygens (including phenoxy) is 2. The summed E-state index contributed by atoms with van der Waals surface area (Å²) in [6.45, 7) is 10.4. The number of rotatable bonds is 9.